The lowest BCUT2D eigenvalue weighted by Crippen LogP contribution is -2.35. The van der Waals surface area contributed by atoms with Gasteiger partial charge in [0, 0.05) is 37.4 Å². The maximum Gasteiger partial charge on any atom is 0.280 e. The Hall–Kier alpha value is -2.17. The molecule has 0 unspecified atom stereocenters. The van der Waals surface area contributed by atoms with Crippen molar-refractivity contribution in [3.8, 4) is 0 Å². The molecule has 0 aromatic carbocycles. The summed E-state index contributed by atoms with van der Waals surface area (Å²) in [5, 5.41) is 21.2. The van der Waals surface area contributed by atoms with Crippen LogP contribution in [0, 0.1) is 12.1 Å². The molecule has 0 fully saturated rings. The van der Waals surface area contributed by atoms with Crippen LogP contribution in [0.3, 0.4) is 0 Å². The SMILES string of the molecule is CCn1c(C)nc(N2CCc3nc(N)sc3CC2)c(N([O-])O)c1=O. The second-order valence-corrected chi connectivity index (χ2v) is 6.68. The highest BCUT2D eigenvalue weighted by atomic mass is 32.1. The van der Waals surface area contributed by atoms with Crippen molar-refractivity contribution in [3.63, 3.8) is 0 Å². The van der Waals surface area contributed by atoms with E-state index < -0.39 is 5.56 Å². The van der Waals surface area contributed by atoms with Crippen molar-refractivity contribution < 1.29 is 5.21 Å². The molecule has 3 N–H and O–H groups in total. The number of nitrogens with two attached hydrogens (primary N) is 1. The number of nitrogen functional groups attached to an aromatic ring is 1. The van der Waals surface area contributed by atoms with Gasteiger partial charge in [-0.1, -0.05) is 0 Å². The molecular weight excluding hydrogens is 332 g/mol. The molecule has 3 rings (SSSR count). The second-order valence-electron chi connectivity index (χ2n) is 5.56. The highest BCUT2D eigenvalue weighted by molar-refractivity contribution is 7.15. The summed E-state index contributed by atoms with van der Waals surface area (Å²) in [7, 11) is 0. The molecule has 3 heterocycles. The lowest BCUT2D eigenvalue weighted by Gasteiger charge is -2.30. The number of fused-ring (bicyclic) bond motifs is 1. The number of thiazole rings is 1. The van der Waals surface area contributed by atoms with Crippen molar-refractivity contribution in [1.29, 1.82) is 0 Å². The minimum Gasteiger partial charge on any atom is -0.733 e. The molecule has 0 saturated heterocycles. The highest BCUT2D eigenvalue weighted by Gasteiger charge is 2.24. The molecule has 2 aromatic rings. The number of nitrogens with zero attached hydrogens (tertiary/aromatic N) is 5. The minimum atomic E-state index is -0.543. The average molecular weight is 351 g/mol. The largest absolute Gasteiger partial charge is 0.733 e. The van der Waals surface area contributed by atoms with Crippen LogP contribution in [0.4, 0.5) is 16.6 Å². The summed E-state index contributed by atoms with van der Waals surface area (Å²) < 4.78 is 1.36. The first-order valence-corrected chi connectivity index (χ1v) is 8.50. The normalized spacial score (nSPS) is 14.4. The van der Waals surface area contributed by atoms with Crippen molar-refractivity contribution in [1.82, 2.24) is 14.5 Å². The quantitative estimate of drug-likeness (QED) is 0.782. The fourth-order valence-corrected chi connectivity index (χ4v) is 3.86. The minimum absolute atomic E-state index is 0.211. The molecule has 0 aliphatic carbocycles. The maximum absolute atomic E-state index is 12.5. The Balaban J connectivity index is 2.00. The van der Waals surface area contributed by atoms with Crippen LogP contribution >= 0.6 is 11.3 Å². The number of hydrogen-bond acceptors (Lipinski definition) is 9. The van der Waals surface area contributed by atoms with E-state index in [1.165, 1.54) is 15.9 Å². The van der Waals surface area contributed by atoms with E-state index in [9.17, 15) is 15.2 Å². The molecule has 9 nitrogen and oxygen atoms in total. The number of aryl methyl sites for hydroxylation is 1. The van der Waals surface area contributed by atoms with E-state index in [-0.39, 0.29) is 16.7 Å². The smallest absolute Gasteiger partial charge is 0.280 e. The predicted molar refractivity (Wildman–Crippen MR) is 92.7 cm³/mol. The van der Waals surface area contributed by atoms with Crippen LogP contribution < -0.4 is 21.4 Å². The lowest BCUT2D eigenvalue weighted by molar-refractivity contribution is 0.294. The van der Waals surface area contributed by atoms with Crippen LogP contribution in [0.2, 0.25) is 0 Å². The van der Waals surface area contributed by atoms with E-state index in [4.69, 9.17) is 5.73 Å². The Labute approximate surface area is 142 Å². The van der Waals surface area contributed by atoms with E-state index in [0.29, 0.717) is 43.4 Å². The first-order chi connectivity index (χ1) is 11.4. The molecule has 0 radical (unpaired) electrons. The van der Waals surface area contributed by atoms with Crippen LogP contribution in [0.5, 0.6) is 0 Å². The van der Waals surface area contributed by atoms with Crippen LogP contribution in [-0.2, 0) is 19.4 Å². The Morgan fingerprint density at radius 2 is 2.08 bits per heavy atom. The summed E-state index contributed by atoms with van der Waals surface area (Å²) in [5.41, 5.74) is 5.80. The van der Waals surface area contributed by atoms with E-state index in [0.717, 1.165) is 10.6 Å². The molecule has 130 valence electrons. The van der Waals surface area contributed by atoms with E-state index >= 15 is 0 Å². The summed E-state index contributed by atoms with van der Waals surface area (Å²) in [6.07, 6.45) is 1.34. The molecule has 1 aliphatic heterocycles. The van der Waals surface area contributed by atoms with Crippen molar-refractivity contribution in [2.24, 2.45) is 0 Å². The van der Waals surface area contributed by atoms with Crippen LogP contribution in [-0.4, -0.2) is 32.8 Å². The highest BCUT2D eigenvalue weighted by Crippen LogP contribution is 2.28. The van der Waals surface area contributed by atoms with E-state index in [1.54, 1.807) is 13.8 Å². The van der Waals surface area contributed by atoms with E-state index in [1.807, 2.05) is 4.90 Å². The number of anilines is 3. The van der Waals surface area contributed by atoms with Gasteiger partial charge in [0.2, 0.25) is 0 Å². The topological polar surface area (TPSA) is 124 Å². The van der Waals surface area contributed by atoms with Crippen molar-refractivity contribution >= 4 is 28.0 Å². The van der Waals surface area contributed by atoms with Gasteiger partial charge < -0.3 is 21.1 Å². The van der Waals surface area contributed by atoms with Gasteiger partial charge in [0.1, 0.15) is 5.82 Å². The predicted octanol–water partition coefficient (Wildman–Crippen LogP) is 0.909. The first kappa shape index (κ1) is 16.7. The van der Waals surface area contributed by atoms with E-state index in [2.05, 4.69) is 9.97 Å². The number of aromatic nitrogens is 3. The van der Waals surface area contributed by atoms with Gasteiger partial charge in [-0.15, -0.1) is 11.3 Å². The van der Waals surface area contributed by atoms with Crippen LogP contribution in [0.1, 0.15) is 23.3 Å². The van der Waals surface area contributed by atoms with Crippen LogP contribution in [0.15, 0.2) is 4.79 Å². The Bertz CT molecular complexity index is 790. The summed E-state index contributed by atoms with van der Waals surface area (Å²) in [5.74, 6) is 0.715. The Kier molecular flexibility index (Phi) is 4.43. The maximum atomic E-state index is 12.5. The molecule has 0 saturated carbocycles. The molecule has 2 aromatic heterocycles. The van der Waals surface area contributed by atoms with Crippen molar-refractivity contribution in [2.45, 2.75) is 33.2 Å². The molecule has 24 heavy (non-hydrogen) atoms. The molecular formula is C14H19N6O3S-. The molecule has 10 heteroatoms. The standard InChI is InChI=1S/C14H19N6O3S/c1-3-19-8(2)16-12(11(13(19)21)20(22)23)18-6-4-9-10(5-7-18)24-14(15)17-9/h22H,3-7H2,1-2H3,(H2,15,17)/q-1. The van der Waals surface area contributed by atoms with Gasteiger partial charge in [-0.05, 0) is 13.8 Å². The zero-order valence-corrected chi connectivity index (χ0v) is 14.3. The summed E-state index contributed by atoms with van der Waals surface area (Å²) in [4.78, 5) is 24.2. The molecule has 1 aliphatic rings. The zero-order chi connectivity index (χ0) is 17.4. The fourth-order valence-electron chi connectivity index (χ4n) is 2.99. The van der Waals surface area contributed by atoms with Crippen molar-refractivity contribution in [2.75, 3.05) is 28.9 Å². The van der Waals surface area contributed by atoms with Gasteiger partial charge in [-0.25, -0.2) is 9.97 Å². The zero-order valence-electron chi connectivity index (χ0n) is 13.5. The monoisotopic (exact) mass is 351 g/mol. The van der Waals surface area contributed by atoms with Gasteiger partial charge >= 0.3 is 0 Å². The molecule has 0 atom stereocenters. The van der Waals surface area contributed by atoms with Gasteiger partial charge in [0.05, 0.1) is 5.69 Å². The average Bonchev–Trinajstić information content (AvgIpc) is 2.75. The fraction of sp³-hybridized carbons (Fsp3) is 0.500. The molecule has 0 bridgehead atoms. The Morgan fingerprint density at radius 3 is 2.75 bits per heavy atom. The third-order valence-electron chi connectivity index (χ3n) is 4.15. The third-order valence-corrected chi connectivity index (χ3v) is 5.13. The van der Waals surface area contributed by atoms with Gasteiger partial charge in [0.15, 0.2) is 16.6 Å². The van der Waals surface area contributed by atoms with Crippen molar-refractivity contribution in [3.05, 3.63) is 32.0 Å². The van der Waals surface area contributed by atoms with Gasteiger partial charge in [0.25, 0.3) is 5.56 Å². The first-order valence-electron chi connectivity index (χ1n) is 7.69. The molecule has 0 amide bonds. The number of rotatable bonds is 3. The Morgan fingerprint density at radius 1 is 1.38 bits per heavy atom. The van der Waals surface area contributed by atoms with Gasteiger partial charge in [-0.2, -0.15) is 0 Å². The number of hydrogen-bond donors (Lipinski definition) is 2. The summed E-state index contributed by atoms with van der Waals surface area (Å²) in [6.45, 7) is 4.98. The lowest BCUT2D eigenvalue weighted by atomic mass is 10.2. The third kappa shape index (κ3) is 2.83. The second kappa shape index (κ2) is 6.38. The summed E-state index contributed by atoms with van der Waals surface area (Å²) >= 11 is 1.46. The molecule has 0 spiro atoms. The van der Waals surface area contributed by atoms with Gasteiger partial charge in [-0.3, -0.25) is 14.6 Å². The summed E-state index contributed by atoms with van der Waals surface area (Å²) in [6, 6.07) is 0. The van der Waals surface area contributed by atoms with Crippen LogP contribution in [0.25, 0.3) is 0 Å².